The fourth-order valence-corrected chi connectivity index (χ4v) is 2.51. The van der Waals surface area contributed by atoms with E-state index in [0.717, 1.165) is 18.3 Å². The summed E-state index contributed by atoms with van der Waals surface area (Å²) in [6.07, 6.45) is 8.75. The van der Waals surface area contributed by atoms with Crippen LogP contribution in [0.3, 0.4) is 0 Å². The summed E-state index contributed by atoms with van der Waals surface area (Å²) < 4.78 is 0. The van der Waals surface area contributed by atoms with Crippen LogP contribution in [0, 0.1) is 12.8 Å². The Bertz CT molecular complexity index is 319. The van der Waals surface area contributed by atoms with E-state index in [1.165, 1.54) is 37.8 Å². The van der Waals surface area contributed by atoms with E-state index in [4.69, 9.17) is 0 Å². The molecule has 0 bridgehead atoms. The number of imidazole rings is 1. The fourth-order valence-electron chi connectivity index (χ4n) is 2.51. The summed E-state index contributed by atoms with van der Waals surface area (Å²) in [5.74, 6) is 1.92. The molecule has 3 nitrogen and oxygen atoms in total. The summed E-state index contributed by atoms with van der Waals surface area (Å²) in [6, 6.07) is 0.702. The van der Waals surface area contributed by atoms with Crippen molar-refractivity contribution in [1.82, 2.24) is 15.3 Å². The molecule has 1 aliphatic rings. The molecule has 0 spiro atoms. The second-order valence-electron chi connectivity index (χ2n) is 5.19. The zero-order valence-electron chi connectivity index (χ0n) is 10.4. The minimum Gasteiger partial charge on any atom is -0.345 e. The normalized spacial score (nSPS) is 26.6. The first-order valence-electron chi connectivity index (χ1n) is 6.48. The Morgan fingerprint density at radius 1 is 1.38 bits per heavy atom. The van der Waals surface area contributed by atoms with Crippen molar-refractivity contribution in [2.45, 2.75) is 58.5 Å². The van der Waals surface area contributed by atoms with Gasteiger partial charge in [0.25, 0.3) is 0 Å². The Morgan fingerprint density at radius 3 is 3.00 bits per heavy atom. The summed E-state index contributed by atoms with van der Waals surface area (Å²) in [5, 5.41) is 3.64. The molecule has 2 unspecified atom stereocenters. The van der Waals surface area contributed by atoms with Gasteiger partial charge >= 0.3 is 0 Å². The van der Waals surface area contributed by atoms with Gasteiger partial charge in [-0.25, -0.2) is 4.98 Å². The van der Waals surface area contributed by atoms with Crippen LogP contribution in [0.25, 0.3) is 0 Å². The molecule has 2 N–H and O–H groups in total. The maximum atomic E-state index is 4.22. The van der Waals surface area contributed by atoms with Crippen LogP contribution in [0.5, 0.6) is 0 Å². The second kappa shape index (κ2) is 5.48. The Hall–Kier alpha value is -0.830. The molecule has 0 saturated heterocycles. The number of nitrogens with zero attached hydrogens (tertiary/aromatic N) is 1. The molecule has 1 aromatic heterocycles. The SMILES string of the molecule is Cc1ncc(CNC2CCCC(C)CC2)[nH]1. The minimum atomic E-state index is 0.702. The van der Waals surface area contributed by atoms with E-state index >= 15 is 0 Å². The van der Waals surface area contributed by atoms with E-state index in [2.05, 4.69) is 22.2 Å². The summed E-state index contributed by atoms with van der Waals surface area (Å²) in [6.45, 7) is 5.30. The van der Waals surface area contributed by atoms with Crippen LogP contribution in [0.15, 0.2) is 6.20 Å². The summed E-state index contributed by atoms with van der Waals surface area (Å²) >= 11 is 0. The van der Waals surface area contributed by atoms with Gasteiger partial charge in [-0.05, 0) is 32.1 Å². The third kappa shape index (κ3) is 3.34. The van der Waals surface area contributed by atoms with Crippen LogP contribution in [0.2, 0.25) is 0 Å². The Morgan fingerprint density at radius 2 is 2.25 bits per heavy atom. The van der Waals surface area contributed by atoms with Crippen molar-refractivity contribution in [3.63, 3.8) is 0 Å². The molecule has 1 fully saturated rings. The van der Waals surface area contributed by atoms with E-state index < -0.39 is 0 Å². The molecule has 2 rings (SSSR count). The molecule has 16 heavy (non-hydrogen) atoms. The highest BCUT2D eigenvalue weighted by Crippen LogP contribution is 2.22. The molecule has 2 atom stereocenters. The number of hydrogen-bond acceptors (Lipinski definition) is 2. The third-order valence-corrected chi connectivity index (χ3v) is 3.59. The van der Waals surface area contributed by atoms with Crippen LogP contribution in [0.1, 0.15) is 50.5 Å². The van der Waals surface area contributed by atoms with Gasteiger partial charge in [-0.15, -0.1) is 0 Å². The lowest BCUT2D eigenvalue weighted by molar-refractivity contribution is 0.445. The number of aryl methyl sites for hydroxylation is 1. The number of rotatable bonds is 3. The monoisotopic (exact) mass is 221 g/mol. The van der Waals surface area contributed by atoms with Crippen molar-refractivity contribution in [1.29, 1.82) is 0 Å². The van der Waals surface area contributed by atoms with E-state index in [0.29, 0.717) is 6.04 Å². The van der Waals surface area contributed by atoms with Gasteiger partial charge in [0, 0.05) is 24.5 Å². The van der Waals surface area contributed by atoms with Crippen molar-refractivity contribution in [2.75, 3.05) is 0 Å². The Kier molecular flexibility index (Phi) is 3.99. The fraction of sp³-hybridized carbons (Fsp3) is 0.769. The average molecular weight is 221 g/mol. The lowest BCUT2D eigenvalue weighted by atomic mass is 10.0. The summed E-state index contributed by atoms with van der Waals surface area (Å²) in [7, 11) is 0. The third-order valence-electron chi connectivity index (χ3n) is 3.59. The minimum absolute atomic E-state index is 0.702. The molecule has 90 valence electrons. The van der Waals surface area contributed by atoms with Gasteiger partial charge in [-0.3, -0.25) is 0 Å². The topological polar surface area (TPSA) is 40.7 Å². The molecule has 0 radical (unpaired) electrons. The van der Waals surface area contributed by atoms with Gasteiger partial charge < -0.3 is 10.3 Å². The second-order valence-corrected chi connectivity index (χ2v) is 5.19. The first-order chi connectivity index (χ1) is 7.74. The van der Waals surface area contributed by atoms with E-state index in [-0.39, 0.29) is 0 Å². The highest BCUT2D eigenvalue weighted by Gasteiger charge is 2.15. The van der Waals surface area contributed by atoms with Gasteiger partial charge in [-0.1, -0.05) is 19.8 Å². The quantitative estimate of drug-likeness (QED) is 0.771. The maximum absolute atomic E-state index is 4.22. The number of H-pyrrole nitrogens is 1. The van der Waals surface area contributed by atoms with Crippen LogP contribution < -0.4 is 5.32 Å². The van der Waals surface area contributed by atoms with Crippen molar-refractivity contribution >= 4 is 0 Å². The molecule has 0 aliphatic heterocycles. The number of aromatic nitrogens is 2. The molecule has 0 amide bonds. The Labute approximate surface area is 98.1 Å². The summed E-state index contributed by atoms with van der Waals surface area (Å²) in [5.41, 5.74) is 1.20. The van der Waals surface area contributed by atoms with Crippen molar-refractivity contribution in [3.05, 3.63) is 17.7 Å². The zero-order chi connectivity index (χ0) is 11.4. The Balaban J connectivity index is 1.77. The van der Waals surface area contributed by atoms with Crippen LogP contribution >= 0.6 is 0 Å². The molecule has 0 aromatic carbocycles. The standard InChI is InChI=1S/C13H23N3/c1-10-4-3-5-12(7-6-10)15-9-13-8-14-11(2)16-13/h8,10,12,15H,3-7,9H2,1-2H3,(H,14,16). The maximum Gasteiger partial charge on any atom is 0.103 e. The molecular weight excluding hydrogens is 198 g/mol. The first kappa shape index (κ1) is 11.6. The molecule has 1 saturated carbocycles. The van der Waals surface area contributed by atoms with Gasteiger partial charge in [0.2, 0.25) is 0 Å². The van der Waals surface area contributed by atoms with Crippen molar-refractivity contribution < 1.29 is 0 Å². The van der Waals surface area contributed by atoms with Crippen molar-refractivity contribution in [3.8, 4) is 0 Å². The van der Waals surface area contributed by atoms with Crippen LogP contribution in [-0.4, -0.2) is 16.0 Å². The predicted molar refractivity (Wildman–Crippen MR) is 66.2 cm³/mol. The molecule has 1 aromatic rings. The number of nitrogens with one attached hydrogen (secondary N) is 2. The van der Waals surface area contributed by atoms with E-state index in [9.17, 15) is 0 Å². The van der Waals surface area contributed by atoms with Gasteiger partial charge in [-0.2, -0.15) is 0 Å². The largest absolute Gasteiger partial charge is 0.345 e. The average Bonchev–Trinajstić information content (AvgIpc) is 2.56. The molecular formula is C13H23N3. The number of hydrogen-bond donors (Lipinski definition) is 2. The lowest BCUT2D eigenvalue weighted by Gasteiger charge is -2.15. The van der Waals surface area contributed by atoms with Gasteiger partial charge in [0.1, 0.15) is 5.82 Å². The van der Waals surface area contributed by atoms with E-state index in [1.54, 1.807) is 0 Å². The highest BCUT2D eigenvalue weighted by atomic mass is 15.0. The first-order valence-corrected chi connectivity index (χ1v) is 6.48. The van der Waals surface area contributed by atoms with Gasteiger partial charge in [0.05, 0.1) is 0 Å². The lowest BCUT2D eigenvalue weighted by Crippen LogP contribution is -2.28. The summed E-state index contributed by atoms with van der Waals surface area (Å²) in [4.78, 5) is 7.48. The van der Waals surface area contributed by atoms with E-state index in [1.807, 2.05) is 13.1 Å². The van der Waals surface area contributed by atoms with Crippen molar-refractivity contribution in [2.24, 2.45) is 5.92 Å². The smallest absolute Gasteiger partial charge is 0.103 e. The predicted octanol–water partition coefficient (Wildman–Crippen LogP) is 2.78. The highest BCUT2D eigenvalue weighted by molar-refractivity contribution is 4.99. The zero-order valence-corrected chi connectivity index (χ0v) is 10.4. The molecule has 1 heterocycles. The molecule has 3 heteroatoms. The van der Waals surface area contributed by atoms with Crippen LogP contribution in [-0.2, 0) is 6.54 Å². The van der Waals surface area contributed by atoms with Crippen LogP contribution in [0.4, 0.5) is 0 Å². The molecule has 1 aliphatic carbocycles. The van der Waals surface area contributed by atoms with Gasteiger partial charge in [0.15, 0.2) is 0 Å². The number of aromatic amines is 1.